The van der Waals surface area contributed by atoms with Gasteiger partial charge in [0.1, 0.15) is 29.2 Å². The zero-order valence-electron chi connectivity index (χ0n) is 29.6. The van der Waals surface area contributed by atoms with Crippen molar-refractivity contribution in [3.05, 3.63) is 108 Å². The Hall–Kier alpha value is -5.62. The van der Waals surface area contributed by atoms with Crippen LogP contribution in [0.25, 0.3) is 27.9 Å². The Morgan fingerprint density at radius 3 is 2.60 bits per heavy atom. The first-order valence-corrected chi connectivity index (χ1v) is 18.7. The average Bonchev–Trinajstić information content (AvgIpc) is 3.94. The van der Waals surface area contributed by atoms with Gasteiger partial charge in [-0.3, -0.25) is 19.8 Å². The molecule has 0 saturated carbocycles. The second kappa shape index (κ2) is 14.1. The van der Waals surface area contributed by atoms with Gasteiger partial charge in [-0.1, -0.05) is 24.3 Å². The van der Waals surface area contributed by atoms with Crippen LogP contribution in [0.15, 0.2) is 91.3 Å². The lowest BCUT2D eigenvalue weighted by Gasteiger charge is -2.35. The molecule has 3 aliphatic rings. The van der Waals surface area contributed by atoms with Crippen molar-refractivity contribution in [2.24, 2.45) is 0 Å². The summed E-state index contributed by atoms with van der Waals surface area (Å²) in [5.74, 6) is 1.17. The van der Waals surface area contributed by atoms with Crippen molar-refractivity contribution in [2.45, 2.75) is 50.6 Å². The van der Waals surface area contributed by atoms with E-state index in [4.69, 9.17) is 10.1 Å². The molecule has 4 aromatic heterocycles. The van der Waals surface area contributed by atoms with E-state index in [1.54, 1.807) is 12.1 Å². The number of halogens is 1. The number of rotatable bonds is 9. The van der Waals surface area contributed by atoms with Gasteiger partial charge in [-0.2, -0.15) is 0 Å². The quantitative estimate of drug-likeness (QED) is 0.184. The number of imide groups is 1. The van der Waals surface area contributed by atoms with Crippen LogP contribution in [0.2, 0.25) is 0 Å². The number of piperidine rings is 1. The minimum atomic E-state index is -0.341. The molecule has 0 radical (unpaired) electrons. The van der Waals surface area contributed by atoms with Crippen molar-refractivity contribution >= 4 is 40.0 Å². The van der Waals surface area contributed by atoms with Crippen LogP contribution in [-0.2, 0) is 16.0 Å². The molecule has 1 N–H and O–H groups in total. The molecule has 11 nitrogen and oxygen atoms in total. The summed E-state index contributed by atoms with van der Waals surface area (Å²) in [7, 11) is 0. The Morgan fingerprint density at radius 1 is 0.849 bits per heavy atom. The van der Waals surface area contributed by atoms with E-state index < -0.39 is 0 Å². The summed E-state index contributed by atoms with van der Waals surface area (Å²) in [6.45, 7) is 5.65. The van der Waals surface area contributed by atoms with Gasteiger partial charge in [-0.25, -0.2) is 18.9 Å². The number of aromatic nitrogens is 5. The molecule has 1 unspecified atom stereocenters. The highest BCUT2D eigenvalue weighted by molar-refractivity contribution is 6.00. The van der Waals surface area contributed by atoms with Gasteiger partial charge >= 0.3 is 0 Å². The Balaban J connectivity index is 0.819. The molecule has 0 spiro atoms. The number of piperazine rings is 1. The maximum atomic E-state index is 14.1. The van der Waals surface area contributed by atoms with Crippen molar-refractivity contribution in [2.75, 3.05) is 49.1 Å². The van der Waals surface area contributed by atoms with E-state index in [9.17, 15) is 14.0 Å². The fraction of sp³-hybridized carbons (Fsp3) is 0.341. The van der Waals surface area contributed by atoms with E-state index in [1.807, 2.05) is 45.7 Å². The van der Waals surface area contributed by atoms with Gasteiger partial charge in [-0.05, 0) is 110 Å². The minimum absolute atomic E-state index is 0.0825. The zero-order chi connectivity index (χ0) is 35.9. The Kier molecular flexibility index (Phi) is 8.82. The standard InChI is InChI=1S/C41H42FN9O2/c42-31-7-1-6-29(26-31)33-9-4-19-50(33)39-15-14-37-43-27-36(51(37)46-39)32-8-2-10-38(44-32)48-23-21-47(22-24-48)18-3-5-28-11-12-34-30(25-28)17-20-49(34)35-13-16-40(52)45-41(35)53/h1-2,6-8,10-12,14-15,17,20,25-27,33,35H,3-5,9,13,16,18-19,21-24H2,(H,45,52,53)/t33-,35?/m1/s1. The lowest BCUT2D eigenvalue weighted by molar-refractivity contribution is -0.135. The van der Waals surface area contributed by atoms with Crippen LogP contribution < -0.4 is 15.1 Å². The van der Waals surface area contributed by atoms with Crippen LogP contribution in [0.4, 0.5) is 16.0 Å². The van der Waals surface area contributed by atoms with Gasteiger partial charge in [0.15, 0.2) is 5.65 Å². The van der Waals surface area contributed by atoms with Crippen molar-refractivity contribution in [3.8, 4) is 11.4 Å². The van der Waals surface area contributed by atoms with E-state index in [-0.39, 0.29) is 29.7 Å². The molecular formula is C41H42FN9O2. The molecular weight excluding hydrogens is 670 g/mol. The molecule has 6 aromatic rings. The molecule has 12 heteroatoms. The molecule has 2 amide bonds. The number of anilines is 2. The summed E-state index contributed by atoms with van der Waals surface area (Å²) < 4.78 is 18.0. The number of imidazole rings is 1. The van der Waals surface area contributed by atoms with E-state index in [2.05, 4.69) is 61.4 Å². The first-order valence-electron chi connectivity index (χ1n) is 18.7. The summed E-state index contributed by atoms with van der Waals surface area (Å²) in [4.78, 5) is 40.9. The molecule has 9 rings (SSSR count). The second-order valence-electron chi connectivity index (χ2n) is 14.4. The molecule has 53 heavy (non-hydrogen) atoms. The van der Waals surface area contributed by atoms with Gasteiger partial charge < -0.3 is 14.4 Å². The molecule has 3 saturated heterocycles. The van der Waals surface area contributed by atoms with Crippen LogP contribution in [0.5, 0.6) is 0 Å². The van der Waals surface area contributed by atoms with E-state index in [1.165, 1.54) is 11.6 Å². The highest BCUT2D eigenvalue weighted by atomic mass is 19.1. The highest BCUT2D eigenvalue weighted by Gasteiger charge is 2.30. The van der Waals surface area contributed by atoms with Gasteiger partial charge in [-0.15, -0.1) is 5.10 Å². The summed E-state index contributed by atoms with van der Waals surface area (Å²) in [6.07, 6.45) is 8.74. The Morgan fingerprint density at radius 2 is 1.74 bits per heavy atom. The maximum absolute atomic E-state index is 14.1. The maximum Gasteiger partial charge on any atom is 0.249 e. The van der Waals surface area contributed by atoms with Crippen molar-refractivity contribution in [1.29, 1.82) is 0 Å². The van der Waals surface area contributed by atoms with Gasteiger partial charge in [0.25, 0.3) is 0 Å². The summed E-state index contributed by atoms with van der Waals surface area (Å²) >= 11 is 0. The third-order valence-corrected chi connectivity index (χ3v) is 11.1. The summed E-state index contributed by atoms with van der Waals surface area (Å²) in [5.41, 5.74) is 5.72. The lowest BCUT2D eigenvalue weighted by atomic mass is 10.0. The summed E-state index contributed by atoms with van der Waals surface area (Å²) in [5, 5.41) is 8.63. The minimum Gasteiger partial charge on any atom is -0.354 e. The molecule has 0 bridgehead atoms. The van der Waals surface area contributed by atoms with Crippen LogP contribution in [0, 0.1) is 5.82 Å². The number of aryl methyl sites for hydroxylation is 1. The number of carbonyl (C=O) groups excluding carboxylic acids is 2. The van der Waals surface area contributed by atoms with E-state index in [0.29, 0.717) is 12.8 Å². The molecule has 7 heterocycles. The number of hydrogen-bond donors (Lipinski definition) is 1. The predicted molar refractivity (Wildman–Crippen MR) is 202 cm³/mol. The van der Waals surface area contributed by atoms with Gasteiger partial charge in [0.2, 0.25) is 11.8 Å². The van der Waals surface area contributed by atoms with Crippen LogP contribution in [-0.4, -0.2) is 80.1 Å². The van der Waals surface area contributed by atoms with E-state index in [0.717, 1.165) is 110 Å². The fourth-order valence-corrected chi connectivity index (χ4v) is 8.33. The van der Waals surface area contributed by atoms with Crippen LogP contribution in [0.1, 0.15) is 55.3 Å². The molecule has 2 aromatic carbocycles. The first-order chi connectivity index (χ1) is 26.0. The van der Waals surface area contributed by atoms with Gasteiger partial charge in [0.05, 0.1) is 17.9 Å². The van der Waals surface area contributed by atoms with E-state index >= 15 is 0 Å². The Labute approximate surface area is 307 Å². The van der Waals surface area contributed by atoms with Crippen molar-refractivity contribution < 1.29 is 14.0 Å². The second-order valence-corrected chi connectivity index (χ2v) is 14.4. The normalized spacial score (nSPS) is 19.8. The third-order valence-electron chi connectivity index (χ3n) is 11.1. The number of carbonyl (C=O) groups is 2. The number of pyridine rings is 1. The largest absolute Gasteiger partial charge is 0.354 e. The van der Waals surface area contributed by atoms with Gasteiger partial charge in [0, 0.05) is 50.9 Å². The van der Waals surface area contributed by atoms with Crippen LogP contribution >= 0.6 is 0 Å². The first kappa shape index (κ1) is 33.2. The monoisotopic (exact) mass is 711 g/mol. The SMILES string of the molecule is O=C1CCC(n2ccc3cc(CCCN4CCN(c5cccc(-c6cnc7ccc(N8CCC[C@@H]8c8cccc(F)c8)nn67)n5)CC4)ccc32)C(=O)N1. The number of nitrogens with one attached hydrogen (secondary N) is 1. The number of hydrogen-bond acceptors (Lipinski definition) is 8. The molecule has 0 aliphatic carbocycles. The van der Waals surface area contributed by atoms with Crippen molar-refractivity contribution in [3.63, 3.8) is 0 Å². The number of fused-ring (bicyclic) bond motifs is 2. The molecule has 3 aliphatic heterocycles. The molecule has 270 valence electrons. The number of nitrogens with zero attached hydrogens (tertiary/aromatic N) is 8. The highest BCUT2D eigenvalue weighted by Crippen LogP contribution is 2.36. The van der Waals surface area contributed by atoms with Crippen LogP contribution in [0.3, 0.4) is 0 Å². The number of amides is 2. The smallest absolute Gasteiger partial charge is 0.249 e. The summed E-state index contributed by atoms with van der Waals surface area (Å²) in [6, 6.07) is 25.4. The fourth-order valence-electron chi connectivity index (χ4n) is 8.33. The predicted octanol–water partition coefficient (Wildman–Crippen LogP) is 5.96. The molecule has 2 atom stereocenters. The average molecular weight is 712 g/mol. The third kappa shape index (κ3) is 6.63. The lowest BCUT2D eigenvalue weighted by Crippen LogP contribution is -2.47. The topological polar surface area (TPSA) is 104 Å². The zero-order valence-corrected chi connectivity index (χ0v) is 29.6. The van der Waals surface area contributed by atoms with Crippen molar-refractivity contribution in [1.82, 2.24) is 34.4 Å². The Bertz CT molecular complexity index is 2310. The number of benzene rings is 2. The molecule has 3 fully saturated rings.